The molecule has 1 fully saturated rings. The average molecular weight is 273 g/mol. The van der Waals surface area contributed by atoms with E-state index in [0.29, 0.717) is 11.7 Å². The SMILES string of the molecule is Cc1ccc(OCc2nc(C3(N)CCC3)no2)c(C)c1. The van der Waals surface area contributed by atoms with Crippen LogP contribution in [0.2, 0.25) is 0 Å². The number of nitrogens with zero attached hydrogens (tertiary/aromatic N) is 2. The summed E-state index contributed by atoms with van der Waals surface area (Å²) in [5.41, 5.74) is 8.08. The quantitative estimate of drug-likeness (QED) is 0.926. The summed E-state index contributed by atoms with van der Waals surface area (Å²) in [6, 6.07) is 6.06. The fourth-order valence-corrected chi connectivity index (χ4v) is 2.40. The van der Waals surface area contributed by atoms with Gasteiger partial charge in [0.2, 0.25) is 0 Å². The van der Waals surface area contributed by atoms with E-state index in [1.54, 1.807) is 0 Å². The summed E-state index contributed by atoms with van der Waals surface area (Å²) in [6.45, 7) is 4.35. The van der Waals surface area contributed by atoms with Crippen LogP contribution in [0.15, 0.2) is 22.7 Å². The number of rotatable bonds is 4. The van der Waals surface area contributed by atoms with Crippen LogP contribution in [0.5, 0.6) is 5.75 Å². The van der Waals surface area contributed by atoms with E-state index in [9.17, 15) is 0 Å². The molecule has 1 aliphatic carbocycles. The van der Waals surface area contributed by atoms with E-state index in [0.717, 1.165) is 30.6 Å². The highest BCUT2D eigenvalue weighted by Crippen LogP contribution is 2.36. The maximum atomic E-state index is 6.16. The van der Waals surface area contributed by atoms with Crippen molar-refractivity contribution >= 4 is 0 Å². The van der Waals surface area contributed by atoms with Gasteiger partial charge in [0.25, 0.3) is 5.89 Å². The maximum absolute atomic E-state index is 6.16. The molecule has 1 aromatic carbocycles. The zero-order valence-corrected chi connectivity index (χ0v) is 11.8. The molecule has 1 aromatic heterocycles. The van der Waals surface area contributed by atoms with Gasteiger partial charge in [0.1, 0.15) is 5.75 Å². The molecule has 3 rings (SSSR count). The van der Waals surface area contributed by atoms with Crippen molar-refractivity contribution in [1.29, 1.82) is 0 Å². The Morgan fingerprint density at radius 3 is 2.80 bits per heavy atom. The monoisotopic (exact) mass is 273 g/mol. The predicted molar refractivity (Wildman–Crippen MR) is 74.3 cm³/mol. The fraction of sp³-hybridized carbons (Fsp3) is 0.467. The van der Waals surface area contributed by atoms with E-state index in [-0.39, 0.29) is 12.1 Å². The number of nitrogens with two attached hydrogens (primary N) is 1. The van der Waals surface area contributed by atoms with Crippen LogP contribution in [-0.4, -0.2) is 10.1 Å². The second-order valence-electron chi connectivity index (χ2n) is 5.58. The number of aryl methyl sites for hydroxylation is 2. The summed E-state index contributed by atoms with van der Waals surface area (Å²) in [7, 11) is 0. The van der Waals surface area contributed by atoms with Gasteiger partial charge in [-0.05, 0) is 44.7 Å². The van der Waals surface area contributed by atoms with Gasteiger partial charge in [-0.25, -0.2) is 0 Å². The first kappa shape index (κ1) is 13.1. The highest BCUT2D eigenvalue weighted by Gasteiger charge is 2.38. The molecular weight excluding hydrogens is 254 g/mol. The average Bonchev–Trinajstić information content (AvgIpc) is 2.84. The van der Waals surface area contributed by atoms with Crippen molar-refractivity contribution in [2.24, 2.45) is 5.73 Å². The van der Waals surface area contributed by atoms with Crippen molar-refractivity contribution in [3.05, 3.63) is 41.0 Å². The molecule has 0 saturated heterocycles. The predicted octanol–water partition coefficient (Wildman–Crippen LogP) is 2.60. The molecule has 2 aromatic rings. The first-order chi connectivity index (χ1) is 9.57. The van der Waals surface area contributed by atoms with Crippen LogP contribution in [0, 0.1) is 13.8 Å². The zero-order chi connectivity index (χ0) is 14.2. The van der Waals surface area contributed by atoms with Gasteiger partial charge in [-0.15, -0.1) is 0 Å². The normalized spacial score (nSPS) is 16.8. The summed E-state index contributed by atoms with van der Waals surface area (Å²) in [5, 5.41) is 3.97. The highest BCUT2D eigenvalue weighted by molar-refractivity contribution is 5.35. The third kappa shape index (κ3) is 2.41. The Morgan fingerprint density at radius 1 is 1.35 bits per heavy atom. The van der Waals surface area contributed by atoms with Gasteiger partial charge in [0.15, 0.2) is 12.4 Å². The number of benzene rings is 1. The van der Waals surface area contributed by atoms with E-state index in [2.05, 4.69) is 23.1 Å². The van der Waals surface area contributed by atoms with Crippen LogP contribution in [0.4, 0.5) is 0 Å². The van der Waals surface area contributed by atoms with Crippen molar-refractivity contribution in [1.82, 2.24) is 10.1 Å². The van der Waals surface area contributed by atoms with Crippen molar-refractivity contribution in [2.45, 2.75) is 45.3 Å². The lowest BCUT2D eigenvalue weighted by atomic mass is 9.77. The first-order valence-electron chi connectivity index (χ1n) is 6.89. The minimum Gasteiger partial charge on any atom is -0.483 e. The topological polar surface area (TPSA) is 74.2 Å². The van der Waals surface area contributed by atoms with E-state index in [4.69, 9.17) is 15.0 Å². The van der Waals surface area contributed by atoms with Gasteiger partial charge < -0.3 is 15.0 Å². The summed E-state index contributed by atoms with van der Waals surface area (Å²) >= 11 is 0. The molecule has 0 aliphatic heterocycles. The molecule has 20 heavy (non-hydrogen) atoms. The molecule has 1 heterocycles. The maximum Gasteiger partial charge on any atom is 0.264 e. The molecule has 0 unspecified atom stereocenters. The molecule has 1 aliphatic rings. The van der Waals surface area contributed by atoms with Crippen LogP contribution in [-0.2, 0) is 12.1 Å². The van der Waals surface area contributed by atoms with Gasteiger partial charge in [-0.2, -0.15) is 4.98 Å². The number of aromatic nitrogens is 2. The van der Waals surface area contributed by atoms with Crippen LogP contribution in [0.25, 0.3) is 0 Å². The van der Waals surface area contributed by atoms with E-state index < -0.39 is 0 Å². The zero-order valence-electron chi connectivity index (χ0n) is 11.8. The molecule has 0 bridgehead atoms. The number of ether oxygens (including phenoxy) is 1. The van der Waals surface area contributed by atoms with Crippen molar-refractivity contribution < 1.29 is 9.26 Å². The standard InChI is InChI=1S/C15H19N3O2/c1-10-4-5-12(11(2)8-10)19-9-13-17-14(18-20-13)15(16)6-3-7-15/h4-5,8H,3,6-7,9,16H2,1-2H3. The lowest BCUT2D eigenvalue weighted by molar-refractivity contribution is 0.222. The lowest BCUT2D eigenvalue weighted by Gasteiger charge is -2.34. The Hall–Kier alpha value is -1.88. The summed E-state index contributed by atoms with van der Waals surface area (Å²) < 4.78 is 10.9. The van der Waals surface area contributed by atoms with Gasteiger partial charge in [0.05, 0.1) is 5.54 Å². The largest absolute Gasteiger partial charge is 0.483 e. The first-order valence-corrected chi connectivity index (χ1v) is 6.89. The Kier molecular flexibility index (Phi) is 3.22. The molecule has 5 heteroatoms. The molecule has 5 nitrogen and oxygen atoms in total. The van der Waals surface area contributed by atoms with E-state index in [1.807, 2.05) is 19.1 Å². The van der Waals surface area contributed by atoms with Crippen molar-refractivity contribution in [3.8, 4) is 5.75 Å². The van der Waals surface area contributed by atoms with Crippen molar-refractivity contribution in [2.75, 3.05) is 0 Å². The van der Waals surface area contributed by atoms with Crippen LogP contribution in [0.3, 0.4) is 0 Å². The summed E-state index contributed by atoms with van der Waals surface area (Å²) in [6.07, 6.45) is 2.97. The van der Waals surface area contributed by atoms with Crippen LogP contribution in [0.1, 0.15) is 42.1 Å². The van der Waals surface area contributed by atoms with Gasteiger partial charge in [-0.3, -0.25) is 0 Å². The molecule has 0 radical (unpaired) electrons. The molecule has 0 spiro atoms. The minimum absolute atomic E-state index is 0.271. The van der Waals surface area contributed by atoms with E-state index >= 15 is 0 Å². The van der Waals surface area contributed by atoms with Gasteiger partial charge in [0, 0.05) is 0 Å². The Morgan fingerprint density at radius 2 is 2.15 bits per heavy atom. The molecular formula is C15H19N3O2. The third-order valence-electron chi connectivity index (χ3n) is 3.84. The Bertz CT molecular complexity index is 617. The highest BCUT2D eigenvalue weighted by atomic mass is 16.5. The van der Waals surface area contributed by atoms with Gasteiger partial charge in [-0.1, -0.05) is 22.9 Å². The summed E-state index contributed by atoms with van der Waals surface area (Å²) in [4.78, 5) is 4.34. The molecule has 1 saturated carbocycles. The third-order valence-corrected chi connectivity index (χ3v) is 3.84. The molecule has 0 amide bonds. The molecule has 106 valence electrons. The fourth-order valence-electron chi connectivity index (χ4n) is 2.40. The Balaban J connectivity index is 1.66. The number of hydrogen-bond acceptors (Lipinski definition) is 5. The molecule has 0 atom stereocenters. The molecule has 2 N–H and O–H groups in total. The van der Waals surface area contributed by atoms with Crippen LogP contribution < -0.4 is 10.5 Å². The van der Waals surface area contributed by atoms with Crippen molar-refractivity contribution in [3.63, 3.8) is 0 Å². The van der Waals surface area contributed by atoms with E-state index in [1.165, 1.54) is 5.56 Å². The Labute approximate surface area is 118 Å². The second-order valence-corrected chi connectivity index (χ2v) is 5.58. The summed E-state index contributed by atoms with van der Waals surface area (Å²) in [5.74, 6) is 1.90. The van der Waals surface area contributed by atoms with Gasteiger partial charge >= 0.3 is 0 Å². The second kappa shape index (κ2) is 4.90. The smallest absolute Gasteiger partial charge is 0.264 e. The number of hydrogen-bond donors (Lipinski definition) is 1. The lowest BCUT2D eigenvalue weighted by Crippen LogP contribution is -2.44. The van der Waals surface area contributed by atoms with Crippen LogP contribution >= 0.6 is 0 Å². The minimum atomic E-state index is -0.387.